The van der Waals surface area contributed by atoms with E-state index >= 15 is 0 Å². The first-order valence-electron chi connectivity index (χ1n) is 6.63. The van der Waals surface area contributed by atoms with Crippen LogP contribution in [0.25, 0.3) is 11.3 Å². The van der Waals surface area contributed by atoms with Gasteiger partial charge in [0, 0.05) is 5.56 Å². The Bertz CT molecular complexity index is 786. The molecule has 0 atom stereocenters. The van der Waals surface area contributed by atoms with Gasteiger partial charge in [0.05, 0.1) is 5.69 Å². The minimum atomic E-state index is 0.0252. The zero-order valence-corrected chi connectivity index (χ0v) is 12.1. The highest BCUT2D eigenvalue weighted by Gasteiger charge is 2.14. The van der Waals surface area contributed by atoms with Crippen LogP contribution in [0.2, 0.25) is 0 Å². The van der Waals surface area contributed by atoms with Crippen molar-refractivity contribution in [2.45, 2.75) is 13.3 Å². The lowest BCUT2D eigenvalue weighted by Crippen LogP contribution is -2.05. The third-order valence-electron chi connectivity index (χ3n) is 3.09. The predicted molar refractivity (Wildman–Crippen MR) is 84.7 cm³/mol. The summed E-state index contributed by atoms with van der Waals surface area (Å²) in [4.78, 5) is 7.94. The second-order valence-electron chi connectivity index (χ2n) is 4.47. The molecule has 4 N–H and O–H groups in total. The normalized spacial score (nSPS) is 9.77. The highest BCUT2D eigenvalue weighted by atomic mass is 16.5. The average molecular weight is 293 g/mol. The molecule has 1 heterocycles. The lowest BCUT2D eigenvalue weighted by atomic mass is 10.0. The molecule has 22 heavy (non-hydrogen) atoms. The summed E-state index contributed by atoms with van der Waals surface area (Å²) in [7, 11) is 0. The molecule has 0 amide bonds. The summed E-state index contributed by atoms with van der Waals surface area (Å²) in [6.07, 6.45) is 5.95. The van der Waals surface area contributed by atoms with E-state index in [0.717, 1.165) is 17.5 Å². The number of ether oxygens (including phenoxy) is 1. The van der Waals surface area contributed by atoms with Gasteiger partial charge in [-0.3, -0.25) is 0 Å². The number of aromatic nitrogens is 2. The molecule has 2 rings (SSSR count). The molecular formula is C16H15N5O. The summed E-state index contributed by atoms with van der Waals surface area (Å²) < 4.78 is 5.49. The highest BCUT2D eigenvalue weighted by Crippen LogP contribution is 2.30. The van der Waals surface area contributed by atoms with Crippen molar-refractivity contribution in [3.8, 4) is 35.4 Å². The minimum Gasteiger partial charge on any atom is -0.481 e. The van der Waals surface area contributed by atoms with Crippen LogP contribution in [0.5, 0.6) is 5.75 Å². The largest absolute Gasteiger partial charge is 0.481 e. The Morgan fingerprint density at radius 2 is 2.09 bits per heavy atom. The van der Waals surface area contributed by atoms with Gasteiger partial charge in [-0.1, -0.05) is 12.8 Å². The fraction of sp³-hybridized carbons (Fsp3) is 0.188. The lowest BCUT2D eigenvalue weighted by Gasteiger charge is -2.12. The number of hydrogen-bond donors (Lipinski definition) is 2. The van der Waals surface area contributed by atoms with Gasteiger partial charge in [-0.25, -0.2) is 4.98 Å². The third kappa shape index (κ3) is 2.92. The maximum atomic E-state index is 9.25. The molecule has 0 bridgehead atoms. The molecule has 0 aliphatic rings. The van der Waals surface area contributed by atoms with E-state index in [1.54, 1.807) is 12.1 Å². The van der Waals surface area contributed by atoms with Gasteiger partial charge >= 0.3 is 0 Å². The van der Waals surface area contributed by atoms with Gasteiger partial charge in [0.25, 0.3) is 0 Å². The Labute approximate surface area is 128 Å². The van der Waals surface area contributed by atoms with Gasteiger partial charge in [-0.05, 0) is 30.2 Å². The summed E-state index contributed by atoms with van der Waals surface area (Å²) in [6, 6.07) is 7.47. The number of nitrogens with two attached hydrogens (primary N) is 2. The molecule has 1 aromatic carbocycles. The molecule has 2 aromatic rings. The molecule has 0 saturated carbocycles. The van der Waals surface area contributed by atoms with Crippen molar-refractivity contribution in [2.24, 2.45) is 0 Å². The van der Waals surface area contributed by atoms with Crippen molar-refractivity contribution in [1.29, 1.82) is 5.26 Å². The molecule has 6 heteroatoms. The average Bonchev–Trinajstić information content (AvgIpc) is 2.52. The first kappa shape index (κ1) is 15.1. The van der Waals surface area contributed by atoms with Crippen LogP contribution in [0.4, 0.5) is 11.8 Å². The van der Waals surface area contributed by atoms with E-state index in [0.29, 0.717) is 11.4 Å². The van der Waals surface area contributed by atoms with Crippen molar-refractivity contribution >= 4 is 11.8 Å². The number of terminal acetylenes is 1. The quantitative estimate of drug-likeness (QED) is 0.831. The van der Waals surface area contributed by atoms with E-state index < -0.39 is 0 Å². The molecule has 0 saturated heterocycles. The van der Waals surface area contributed by atoms with E-state index in [4.69, 9.17) is 22.6 Å². The Kier molecular flexibility index (Phi) is 4.45. The van der Waals surface area contributed by atoms with Crippen molar-refractivity contribution in [3.05, 3.63) is 29.3 Å². The van der Waals surface area contributed by atoms with Crippen molar-refractivity contribution in [2.75, 3.05) is 18.1 Å². The first-order valence-corrected chi connectivity index (χ1v) is 6.63. The second-order valence-corrected chi connectivity index (χ2v) is 4.47. The maximum absolute atomic E-state index is 9.25. The van der Waals surface area contributed by atoms with Crippen LogP contribution in [0.3, 0.4) is 0 Å². The molecular weight excluding hydrogens is 278 g/mol. The summed E-state index contributed by atoms with van der Waals surface area (Å²) in [5, 5.41) is 9.25. The number of aryl methyl sites for hydroxylation is 1. The number of nitrogens with zero attached hydrogens (tertiary/aromatic N) is 3. The third-order valence-corrected chi connectivity index (χ3v) is 3.09. The molecule has 6 nitrogen and oxygen atoms in total. The molecule has 110 valence electrons. The SMILES string of the molecule is C#CCOc1ccc(-c2nc(N)nc(N)c2C#N)cc1CC. The molecule has 1 aromatic heterocycles. The summed E-state index contributed by atoms with van der Waals surface area (Å²) in [6.45, 7) is 2.19. The van der Waals surface area contributed by atoms with Crippen LogP contribution < -0.4 is 16.2 Å². The number of anilines is 2. The number of nitrogen functional groups attached to an aromatic ring is 2. The summed E-state index contributed by atoms with van der Waals surface area (Å²) in [5.74, 6) is 3.22. The van der Waals surface area contributed by atoms with E-state index in [9.17, 15) is 5.26 Å². The van der Waals surface area contributed by atoms with Crippen molar-refractivity contribution in [1.82, 2.24) is 9.97 Å². The number of rotatable bonds is 4. The fourth-order valence-corrected chi connectivity index (χ4v) is 2.08. The standard InChI is InChI=1S/C16H15N5O/c1-3-7-22-13-6-5-11(8-10(13)4-2)14-12(9-17)15(18)21-16(19)20-14/h1,5-6,8H,4,7H2,2H3,(H4,18,19,20,21). The van der Waals surface area contributed by atoms with Gasteiger partial charge in [-0.15, -0.1) is 6.42 Å². The Morgan fingerprint density at radius 3 is 2.73 bits per heavy atom. The Hall–Kier alpha value is -3.25. The van der Waals surface area contributed by atoms with E-state index in [-0.39, 0.29) is 23.9 Å². The lowest BCUT2D eigenvalue weighted by molar-refractivity contribution is 0.366. The van der Waals surface area contributed by atoms with Gasteiger partial charge in [0.1, 0.15) is 29.8 Å². The summed E-state index contributed by atoms with van der Waals surface area (Å²) >= 11 is 0. The van der Waals surface area contributed by atoms with Crippen LogP contribution in [0.15, 0.2) is 18.2 Å². The van der Waals surface area contributed by atoms with E-state index in [1.165, 1.54) is 0 Å². The van der Waals surface area contributed by atoms with Crippen LogP contribution in [-0.2, 0) is 6.42 Å². The van der Waals surface area contributed by atoms with E-state index in [1.807, 2.05) is 19.1 Å². The highest BCUT2D eigenvalue weighted by molar-refractivity contribution is 5.74. The molecule has 0 radical (unpaired) electrons. The van der Waals surface area contributed by atoms with E-state index in [2.05, 4.69) is 15.9 Å². The molecule has 0 spiro atoms. The molecule has 0 fully saturated rings. The van der Waals surface area contributed by atoms with Gasteiger partial charge in [0.2, 0.25) is 5.95 Å². The zero-order chi connectivity index (χ0) is 16.1. The van der Waals surface area contributed by atoms with Crippen molar-refractivity contribution < 1.29 is 4.74 Å². The number of nitriles is 1. The number of benzene rings is 1. The molecule has 0 aliphatic heterocycles. The second kappa shape index (κ2) is 6.47. The fourth-order valence-electron chi connectivity index (χ4n) is 2.08. The van der Waals surface area contributed by atoms with Crippen molar-refractivity contribution in [3.63, 3.8) is 0 Å². The van der Waals surface area contributed by atoms with Crippen LogP contribution in [0.1, 0.15) is 18.1 Å². The number of hydrogen-bond acceptors (Lipinski definition) is 6. The summed E-state index contributed by atoms with van der Waals surface area (Å²) in [5.41, 5.74) is 13.6. The smallest absolute Gasteiger partial charge is 0.222 e. The monoisotopic (exact) mass is 293 g/mol. The first-order chi connectivity index (χ1) is 10.6. The van der Waals surface area contributed by atoms with Crippen LogP contribution in [0, 0.1) is 23.7 Å². The molecule has 0 aliphatic carbocycles. The minimum absolute atomic E-state index is 0.0252. The van der Waals surface area contributed by atoms with Gasteiger partial charge < -0.3 is 16.2 Å². The Balaban J connectivity index is 2.55. The van der Waals surface area contributed by atoms with Crippen LogP contribution >= 0.6 is 0 Å². The van der Waals surface area contributed by atoms with Gasteiger partial charge in [-0.2, -0.15) is 10.2 Å². The Morgan fingerprint density at radius 1 is 1.32 bits per heavy atom. The zero-order valence-electron chi connectivity index (χ0n) is 12.1. The molecule has 0 unspecified atom stereocenters. The topological polar surface area (TPSA) is 111 Å². The van der Waals surface area contributed by atoms with Gasteiger partial charge in [0.15, 0.2) is 0 Å². The predicted octanol–water partition coefficient (Wildman–Crippen LogP) is 1.75. The maximum Gasteiger partial charge on any atom is 0.222 e. The van der Waals surface area contributed by atoms with Crippen LogP contribution in [-0.4, -0.2) is 16.6 Å².